The van der Waals surface area contributed by atoms with Crippen molar-refractivity contribution in [3.8, 4) is 5.75 Å². The SMILES string of the molecule is [B+2]c1ccc(OCc2ccccc2)cc1.[OH-].[OH-]. The van der Waals surface area contributed by atoms with Gasteiger partial charge in [0, 0.05) is 0 Å². The second-order valence-electron chi connectivity index (χ2n) is 3.34. The van der Waals surface area contributed by atoms with E-state index in [-0.39, 0.29) is 11.0 Å². The molecule has 2 N–H and O–H groups in total. The van der Waals surface area contributed by atoms with Crippen LogP contribution in [-0.2, 0) is 6.61 Å². The minimum absolute atomic E-state index is 0. The van der Waals surface area contributed by atoms with Crippen LogP contribution in [0.4, 0.5) is 0 Å². The second-order valence-corrected chi connectivity index (χ2v) is 3.34. The van der Waals surface area contributed by atoms with Gasteiger partial charge in [0.15, 0.2) is 0 Å². The summed E-state index contributed by atoms with van der Waals surface area (Å²) < 4.78 is 5.59. The molecule has 0 aliphatic heterocycles. The summed E-state index contributed by atoms with van der Waals surface area (Å²) >= 11 is 0. The van der Waals surface area contributed by atoms with Gasteiger partial charge >= 0.3 is 90.6 Å². The van der Waals surface area contributed by atoms with Gasteiger partial charge in [-0.1, -0.05) is 0 Å². The topological polar surface area (TPSA) is 69.2 Å². The van der Waals surface area contributed by atoms with Crippen molar-refractivity contribution in [2.75, 3.05) is 0 Å². The van der Waals surface area contributed by atoms with Crippen molar-refractivity contribution in [3.63, 3.8) is 0 Å². The van der Waals surface area contributed by atoms with Crippen molar-refractivity contribution in [3.05, 3.63) is 60.2 Å². The molecular weight excluding hydrogens is 215 g/mol. The molecule has 0 amide bonds. The van der Waals surface area contributed by atoms with Crippen molar-refractivity contribution in [2.45, 2.75) is 6.61 Å². The summed E-state index contributed by atoms with van der Waals surface area (Å²) in [6.07, 6.45) is 0. The molecule has 2 aromatic carbocycles. The molecule has 0 heterocycles. The average Bonchev–Trinajstić information content (AvgIpc) is 2.30. The normalized spacial score (nSPS) is 8.82. The first-order valence-electron chi connectivity index (χ1n) is 4.87. The molecule has 17 heavy (non-hydrogen) atoms. The molecule has 86 valence electrons. The van der Waals surface area contributed by atoms with Crippen LogP contribution in [0, 0.1) is 0 Å². The van der Waals surface area contributed by atoms with Gasteiger partial charge < -0.3 is 11.0 Å². The fourth-order valence-corrected chi connectivity index (χ4v) is 1.30. The van der Waals surface area contributed by atoms with Crippen LogP contribution >= 0.6 is 0 Å². The standard InChI is InChI=1S/C13H11BO.2H2O/c14-12-6-8-13(9-7-12)15-10-11-4-2-1-3-5-11;;/h1-9H,10H2;2*1H2/q+2;;/p-2. The molecule has 0 atom stereocenters. The van der Waals surface area contributed by atoms with Crippen LogP contribution < -0.4 is 10.2 Å². The third-order valence-corrected chi connectivity index (χ3v) is 2.13. The molecule has 0 aliphatic rings. The Labute approximate surface area is 102 Å². The van der Waals surface area contributed by atoms with Gasteiger partial charge in [-0.3, -0.25) is 0 Å². The van der Waals surface area contributed by atoms with E-state index in [4.69, 9.17) is 12.6 Å². The molecule has 0 aliphatic carbocycles. The van der Waals surface area contributed by atoms with Gasteiger partial charge in [-0.2, -0.15) is 0 Å². The zero-order valence-corrected chi connectivity index (χ0v) is 9.28. The molecular formula is C13H13BO3. The molecule has 0 spiro atoms. The van der Waals surface area contributed by atoms with Gasteiger partial charge in [0.05, 0.1) is 0 Å². The van der Waals surface area contributed by atoms with Crippen LogP contribution in [0.15, 0.2) is 54.6 Å². The maximum Gasteiger partial charge on any atom is -0.870 e. The molecule has 0 aromatic heterocycles. The monoisotopic (exact) mass is 228 g/mol. The van der Waals surface area contributed by atoms with Crippen LogP contribution in [0.3, 0.4) is 0 Å². The van der Waals surface area contributed by atoms with Gasteiger partial charge in [-0.15, -0.1) is 0 Å². The molecule has 4 heteroatoms. The average molecular weight is 228 g/mol. The van der Waals surface area contributed by atoms with E-state index in [9.17, 15) is 0 Å². The minimum Gasteiger partial charge on any atom is -0.870 e. The maximum atomic E-state index is 5.59. The van der Waals surface area contributed by atoms with Crippen LogP contribution in [-0.4, -0.2) is 18.8 Å². The van der Waals surface area contributed by atoms with Crippen molar-refractivity contribution in [2.24, 2.45) is 0 Å². The van der Waals surface area contributed by atoms with Crippen LogP contribution in [0.1, 0.15) is 5.56 Å². The summed E-state index contributed by atoms with van der Waals surface area (Å²) in [4.78, 5) is 0. The first kappa shape index (κ1) is 15.2. The Kier molecular flexibility index (Phi) is 6.71. The van der Waals surface area contributed by atoms with E-state index in [1.54, 1.807) is 0 Å². The predicted octanol–water partition coefficient (Wildman–Crippen LogP) is 1.71. The van der Waals surface area contributed by atoms with Gasteiger partial charge in [0.1, 0.15) is 0 Å². The van der Waals surface area contributed by atoms with Crippen LogP contribution in [0.2, 0.25) is 0 Å². The third kappa shape index (κ3) is 4.72. The molecule has 0 saturated heterocycles. The molecule has 0 radical (unpaired) electrons. The smallest absolute Gasteiger partial charge is 0.870 e. The molecule has 0 saturated carbocycles. The third-order valence-electron chi connectivity index (χ3n) is 2.13. The minimum atomic E-state index is 0. The largest absolute Gasteiger partial charge is 0.870 e. The molecule has 0 unspecified atom stereocenters. The number of benzene rings is 2. The molecule has 0 fully saturated rings. The fraction of sp³-hybridized carbons (Fsp3) is 0.0769. The van der Waals surface area contributed by atoms with E-state index in [2.05, 4.69) is 0 Å². The van der Waals surface area contributed by atoms with E-state index < -0.39 is 0 Å². The van der Waals surface area contributed by atoms with E-state index >= 15 is 0 Å². The van der Waals surface area contributed by atoms with Gasteiger partial charge in [-0.25, -0.2) is 0 Å². The zero-order valence-electron chi connectivity index (χ0n) is 9.28. The first-order chi connectivity index (χ1) is 7.34. The van der Waals surface area contributed by atoms with Crippen molar-refractivity contribution in [1.29, 1.82) is 0 Å². The van der Waals surface area contributed by atoms with E-state index in [1.165, 1.54) is 0 Å². The number of hydrogen-bond acceptors (Lipinski definition) is 3. The predicted molar refractivity (Wildman–Crippen MR) is 66.5 cm³/mol. The van der Waals surface area contributed by atoms with Crippen LogP contribution in [0.25, 0.3) is 0 Å². The van der Waals surface area contributed by atoms with E-state index in [0.717, 1.165) is 16.8 Å². The molecule has 2 rings (SSSR count). The zero-order chi connectivity index (χ0) is 10.5. The summed E-state index contributed by atoms with van der Waals surface area (Å²) in [6.45, 7) is 0.588. The van der Waals surface area contributed by atoms with Gasteiger partial charge in [-0.05, 0) is 0 Å². The quantitative estimate of drug-likeness (QED) is 0.750. The van der Waals surface area contributed by atoms with Crippen molar-refractivity contribution >= 4 is 13.3 Å². The first-order valence-corrected chi connectivity index (χ1v) is 4.87. The fourth-order valence-electron chi connectivity index (χ4n) is 1.30. The Balaban J connectivity index is 0.00000128. The number of rotatable bonds is 3. The van der Waals surface area contributed by atoms with E-state index in [1.807, 2.05) is 54.6 Å². The van der Waals surface area contributed by atoms with Crippen molar-refractivity contribution < 1.29 is 15.7 Å². The Bertz CT molecular complexity index is 414. The Morgan fingerprint density at radius 1 is 0.824 bits per heavy atom. The maximum absolute atomic E-state index is 5.59. The van der Waals surface area contributed by atoms with Crippen LogP contribution in [0.5, 0.6) is 5.75 Å². The second kappa shape index (κ2) is 7.49. The van der Waals surface area contributed by atoms with Gasteiger partial charge in [0.2, 0.25) is 0 Å². The van der Waals surface area contributed by atoms with E-state index in [0.29, 0.717) is 6.61 Å². The Morgan fingerprint density at radius 3 is 2.00 bits per heavy atom. The molecule has 0 bridgehead atoms. The number of hydrogen-bond donors (Lipinski definition) is 0. The van der Waals surface area contributed by atoms with Crippen molar-refractivity contribution in [1.82, 2.24) is 0 Å². The summed E-state index contributed by atoms with van der Waals surface area (Å²) in [5.41, 5.74) is 1.91. The van der Waals surface area contributed by atoms with Gasteiger partial charge in [0.25, 0.3) is 0 Å². The Morgan fingerprint density at radius 2 is 1.41 bits per heavy atom. The summed E-state index contributed by atoms with van der Waals surface area (Å²) in [5, 5.41) is 0. The Hall–Kier alpha value is -1.78. The summed E-state index contributed by atoms with van der Waals surface area (Å²) in [6, 6.07) is 17.5. The summed E-state index contributed by atoms with van der Waals surface area (Å²) in [5.74, 6) is 0.841. The molecule has 2 aromatic rings. The summed E-state index contributed by atoms with van der Waals surface area (Å²) in [7, 11) is 5.58. The number of ether oxygens (including phenoxy) is 1. The molecule has 3 nitrogen and oxygen atoms in total.